The minimum Gasteiger partial charge on any atom is -0.445 e. The number of rotatable bonds is 11. The van der Waals surface area contributed by atoms with Crippen molar-refractivity contribution in [1.82, 2.24) is 10.6 Å². The van der Waals surface area contributed by atoms with Gasteiger partial charge in [-0.25, -0.2) is 9.59 Å². The van der Waals surface area contributed by atoms with E-state index in [4.69, 9.17) is 9.47 Å². The number of carbonyl (C=O) groups is 3. The molecule has 0 fully saturated rings. The van der Waals surface area contributed by atoms with Gasteiger partial charge in [-0.05, 0) is 57.7 Å². The highest BCUT2D eigenvalue weighted by Gasteiger charge is 2.24. The number of unbranched alkanes of at least 4 members (excludes halogenated alkanes) is 1. The average Bonchev–Trinajstić information content (AvgIpc) is 2.81. The predicted octanol–water partition coefficient (Wildman–Crippen LogP) is 4.52. The number of nitro groups is 1. The van der Waals surface area contributed by atoms with E-state index in [0.29, 0.717) is 25.1 Å². The molecule has 0 aliphatic rings. The highest BCUT2D eigenvalue weighted by Crippen LogP contribution is 2.16. The molecule has 0 spiro atoms. The molecule has 0 heterocycles. The molecule has 11 nitrogen and oxygen atoms in total. The van der Waals surface area contributed by atoms with E-state index in [0.717, 1.165) is 5.56 Å². The number of alkyl carbamates (subject to hydrolysis) is 2. The summed E-state index contributed by atoms with van der Waals surface area (Å²) in [6.07, 6.45) is 0.0380. The number of ether oxygens (including phenoxy) is 2. The lowest BCUT2D eigenvalue weighted by atomic mass is 10.1. The van der Waals surface area contributed by atoms with E-state index in [9.17, 15) is 24.5 Å². The molecular formula is C25H32N4O7. The van der Waals surface area contributed by atoms with Crippen molar-refractivity contribution in [2.24, 2.45) is 0 Å². The lowest BCUT2D eigenvalue weighted by Crippen LogP contribution is -2.45. The van der Waals surface area contributed by atoms with Gasteiger partial charge in [-0.15, -0.1) is 0 Å². The Balaban J connectivity index is 1.84. The maximum atomic E-state index is 12.8. The van der Waals surface area contributed by atoms with Crippen LogP contribution < -0.4 is 16.0 Å². The number of hydrogen-bond acceptors (Lipinski definition) is 7. The number of non-ortho nitro benzene ring substituents is 1. The second kappa shape index (κ2) is 13.7. The number of amides is 3. The molecule has 0 unspecified atom stereocenters. The Hall–Kier alpha value is -4.15. The van der Waals surface area contributed by atoms with Crippen LogP contribution in [0.2, 0.25) is 0 Å². The normalized spacial score (nSPS) is 11.6. The van der Waals surface area contributed by atoms with E-state index < -0.39 is 34.7 Å². The minimum atomic E-state index is -0.917. The Labute approximate surface area is 209 Å². The zero-order valence-corrected chi connectivity index (χ0v) is 20.6. The number of hydrogen-bond donors (Lipinski definition) is 3. The highest BCUT2D eigenvalue weighted by atomic mass is 16.6. The van der Waals surface area contributed by atoms with Crippen molar-refractivity contribution in [3.63, 3.8) is 0 Å². The van der Waals surface area contributed by atoms with Crippen LogP contribution in [0.3, 0.4) is 0 Å². The predicted molar refractivity (Wildman–Crippen MR) is 133 cm³/mol. The van der Waals surface area contributed by atoms with E-state index in [2.05, 4.69) is 16.0 Å². The maximum Gasteiger partial charge on any atom is 0.408 e. The van der Waals surface area contributed by atoms with Gasteiger partial charge in [-0.3, -0.25) is 14.9 Å². The molecule has 2 aromatic rings. The van der Waals surface area contributed by atoms with Crippen molar-refractivity contribution in [3.05, 3.63) is 70.3 Å². The van der Waals surface area contributed by atoms with Crippen molar-refractivity contribution in [1.29, 1.82) is 0 Å². The first-order valence-electron chi connectivity index (χ1n) is 11.5. The molecule has 0 aromatic heterocycles. The molecule has 11 heteroatoms. The zero-order chi connectivity index (χ0) is 26.6. The van der Waals surface area contributed by atoms with Crippen LogP contribution in [0.5, 0.6) is 0 Å². The quantitative estimate of drug-likeness (QED) is 0.233. The summed E-state index contributed by atoms with van der Waals surface area (Å²) in [6.45, 7) is 5.62. The molecule has 36 heavy (non-hydrogen) atoms. The summed E-state index contributed by atoms with van der Waals surface area (Å²) in [6, 6.07) is 13.7. The third-order valence-electron chi connectivity index (χ3n) is 4.75. The molecule has 3 N–H and O–H groups in total. The summed E-state index contributed by atoms with van der Waals surface area (Å²) in [5.74, 6) is -0.495. The molecule has 0 radical (unpaired) electrons. The first kappa shape index (κ1) is 28.1. The highest BCUT2D eigenvalue weighted by molar-refractivity contribution is 5.96. The Morgan fingerprint density at radius 3 is 2.25 bits per heavy atom. The van der Waals surface area contributed by atoms with Crippen LogP contribution in [-0.4, -0.2) is 41.2 Å². The Morgan fingerprint density at radius 2 is 1.64 bits per heavy atom. The number of carbonyl (C=O) groups excluding carboxylic acids is 3. The SMILES string of the molecule is CC(C)(C)OC(=O)N[C@H](CCCCNC(=O)OCc1ccccc1)C(=O)Nc1ccc([N+](=O)[O-])cc1. The Morgan fingerprint density at radius 1 is 0.972 bits per heavy atom. The van der Waals surface area contributed by atoms with E-state index in [1.807, 2.05) is 30.3 Å². The van der Waals surface area contributed by atoms with Crippen LogP contribution >= 0.6 is 0 Å². The number of nitro benzene ring substituents is 1. The molecule has 194 valence electrons. The molecule has 0 aliphatic heterocycles. The maximum absolute atomic E-state index is 12.8. The molecule has 2 rings (SSSR count). The van der Waals surface area contributed by atoms with E-state index in [1.54, 1.807) is 20.8 Å². The zero-order valence-electron chi connectivity index (χ0n) is 20.6. The largest absolute Gasteiger partial charge is 0.445 e. The van der Waals surface area contributed by atoms with Crippen LogP contribution in [0.1, 0.15) is 45.6 Å². The second-order valence-electron chi connectivity index (χ2n) is 8.98. The molecule has 1 atom stereocenters. The van der Waals surface area contributed by atoms with Crippen molar-refractivity contribution in [2.45, 2.75) is 58.3 Å². The van der Waals surface area contributed by atoms with Gasteiger partial charge in [0.1, 0.15) is 18.2 Å². The van der Waals surface area contributed by atoms with Crippen molar-refractivity contribution >= 4 is 29.5 Å². The van der Waals surface area contributed by atoms with Crippen LogP contribution in [0.4, 0.5) is 21.0 Å². The minimum absolute atomic E-state index is 0.105. The fourth-order valence-electron chi connectivity index (χ4n) is 3.05. The second-order valence-corrected chi connectivity index (χ2v) is 8.98. The van der Waals surface area contributed by atoms with E-state index >= 15 is 0 Å². The molecule has 2 aromatic carbocycles. The van der Waals surface area contributed by atoms with Crippen LogP contribution in [0.15, 0.2) is 54.6 Å². The smallest absolute Gasteiger partial charge is 0.408 e. The summed E-state index contributed by atoms with van der Waals surface area (Å²) < 4.78 is 10.4. The monoisotopic (exact) mass is 500 g/mol. The lowest BCUT2D eigenvalue weighted by Gasteiger charge is -2.23. The topological polar surface area (TPSA) is 149 Å². The summed E-state index contributed by atoms with van der Waals surface area (Å²) in [5, 5.41) is 18.7. The Bertz CT molecular complexity index is 1020. The summed E-state index contributed by atoms with van der Waals surface area (Å²) in [5.41, 5.74) is 0.381. The lowest BCUT2D eigenvalue weighted by molar-refractivity contribution is -0.384. The molecule has 0 aliphatic carbocycles. The summed E-state index contributed by atoms with van der Waals surface area (Å²) >= 11 is 0. The van der Waals surface area contributed by atoms with Gasteiger partial charge in [0.15, 0.2) is 0 Å². The van der Waals surface area contributed by atoms with Crippen LogP contribution in [0, 0.1) is 10.1 Å². The van der Waals surface area contributed by atoms with Gasteiger partial charge < -0.3 is 25.4 Å². The molecular weight excluding hydrogens is 468 g/mol. The van der Waals surface area contributed by atoms with Gasteiger partial charge >= 0.3 is 12.2 Å². The molecule has 0 saturated carbocycles. The molecule has 0 bridgehead atoms. The molecule has 3 amide bonds. The Kier molecular flexibility index (Phi) is 10.7. The van der Waals surface area contributed by atoms with Crippen molar-refractivity contribution < 1.29 is 28.8 Å². The van der Waals surface area contributed by atoms with Crippen LogP contribution in [-0.2, 0) is 20.9 Å². The van der Waals surface area contributed by atoms with Gasteiger partial charge in [0.25, 0.3) is 5.69 Å². The molecule has 0 saturated heterocycles. The van der Waals surface area contributed by atoms with Crippen molar-refractivity contribution in [2.75, 3.05) is 11.9 Å². The van der Waals surface area contributed by atoms with Gasteiger partial charge in [0.2, 0.25) is 5.91 Å². The van der Waals surface area contributed by atoms with Gasteiger partial charge in [0.05, 0.1) is 4.92 Å². The van der Waals surface area contributed by atoms with Gasteiger partial charge in [-0.1, -0.05) is 30.3 Å². The fourth-order valence-corrected chi connectivity index (χ4v) is 3.05. The van der Waals surface area contributed by atoms with Crippen LogP contribution in [0.25, 0.3) is 0 Å². The van der Waals surface area contributed by atoms with Gasteiger partial charge in [0, 0.05) is 24.4 Å². The van der Waals surface area contributed by atoms with E-state index in [1.165, 1.54) is 24.3 Å². The number of nitrogens with one attached hydrogen (secondary N) is 3. The van der Waals surface area contributed by atoms with E-state index in [-0.39, 0.29) is 18.7 Å². The van der Waals surface area contributed by atoms with Gasteiger partial charge in [-0.2, -0.15) is 0 Å². The van der Waals surface area contributed by atoms with Crippen molar-refractivity contribution in [3.8, 4) is 0 Å². The number of nitrogens with zero attached hydrogens (tertiary/aromatic N) is 1. The summed E-state index contributed by atoms with van der Waals surface area (Å²) in [7, 11) is 0. The first-order valence-corrected chi connectivity index (χ1v) is 11.5. The average molecular weight is 501 g/mol. The number of benzene rings is 2. The standard InChI is InChI=1S/C25H32N4O7/c1-25(2,3)36-24(32)28-21(22(30)27-19-12-14-20(15-13-19)29(33)34)11-7-8-16-26-23(31)35-17-18-9-5-4-6-10-18/h4-6,9-10,12-15,21H,7-8,11,16-17H2,1-3H3,(H,26,31)(H,27,30)(H,28,32)/t21-/m1/s1. The fraction of sp³-hybridized carbons (Fsp3) is 0.400. The summed E-state index contributed by atoms with van der Waals surface area (Å²) in [4.78, 5) is 47.2. The number of anilines is 1. The first-order chi connectivity index (χ1) is 17.0. The third kappa shape index (κ3) is 10.9. The third-order valence-corrected chi connectivity index (χ3v) is 4.75.